The average Bonchev–Trinajstić information content (AvgIpc) is 2.34. The van der Waals surface area contributed by atoms with Gasteiger partial charge < -0.3 is 14.4 Å². The molecular formula is C10H20N2O5S. The van der Waals surface area contributed by atoms with E-state index in [9.17, 15) is 13.2 Å². The van der Waals surface area contributed by atoms with Crippen molar-refractivity contribution in [1.29, 1.82) is 0 Å². The van der Waals surface area contributed by atoms with Crippen LogP contribution in [-0.2, 0) is 24.3 Å². The predicted molar refractivity (Wildman–Crippen MR) is 65.7 cm³/mol. The minimum atomic E-state index is -3.40. The molecule has 0 saturated carbocycles. The summed E-state index contributed by atoms with van der Waals surface area (Å²) in [6, 6.07) is 0. The van der Waals surface area contributed by atoms with Crippen LogP contribution in [0.1, 0.15) is 0 Å². The number of sulfonamides is 1. The quantitative estimate of drug-likeness (QED) is 0.608. The number of hydrogen-bond acceptors (Lipinski definition) is 5. The zero-order valence-corrected chi connectivity index (χ0v) is 11.6. The third-order valence-electron chi connectivity index (χ3n) is 2.69. The van der Waals surface area contributed by atoms with Gasteiger partial charge in [0.1, 0.15) is 0 Å². The molecule has 1 aliphatic heterocycles. The van der Waals surface area contributed by atoms with E-state index in [2.05, 4.69) is 0 Å². The minimum absolute atomic E-state index is 0.137. The van der Waals surface area contributed by atoms with Gasteiger partial charge in [0, 0.05) is 26.7 Å². The number of amides is 1. The van der Waals surface area contributed by atoms with Gasteiger partial charge in [-0.1, -0.05) is 0 Å². The maximum atomic E-state index is 11.9. The van der Waals surface area contributed by atoms with Crippen LogP contribution in [0.25, 0.3) is 0 Å². The van der Waals surface area contributed by atoms with Crippen molar-refractivity contribution in [3.8, 4) is 0 Å². The second-order valence-electron chi connectivity index (χ2n) is 4.08. The van der Waals surface area contributed by atoms with Gasteiger partial charge in [0.2, 0.25) is 15.9 Å². The number of carbonyl (C=O) groups is 1. The van der Waals surface area contributed by atoms with Crippen LogP contribution in [0.15, 0.2) is 0 Å². The van der Waals surface area contributed by atoms with E-state index in [0.717, 1.165) is 10.6 Å². The zero-order valence-electron chi connectivity index (χ0n) is 10.8. The molecule has 1 fully saturated rings. The van der Waals surface area contributed by atoms with Crippen molar-refractivity contribution in [3.63, 3.8) is 0 Å². The summed E-state index contributed by atoms with van der Waals surface area (Å²) in [6.45, 7) is 2.35. The van der Waals surface area contributed by atoms with Crippen LogP contribution < -0.4 is 0 Å². The molecule has 1 amide bonds. The molecule has 8 heteroatoms. The highest BCUT2D eigenvalue weighted by Crippen LogP contribution is 2.03. The summed E-state index contributed by atoms with van der Waals surface area (Å²) in [4.78, 5) is 13.6. The van der Waals surface area contributed by atoms with Crippen molar-refractivity contribution in [1.82, 2.24) is 9.21 Å². The van der Waals surface area contributed by atoms with E-state index < -0.39 is 10.0 Å². The molecule has 0 unspecified atom stereocenters. The summed E-state index contributed by atoms with van der Waals surface area (Å²) >= 11 is 0. The van der Waals surface area contributed by atoms with Gasteiger partial charge in [0.05, 0.1) is 32.6 Å². The van der Waals surface area contributed by atoms with Gasteiger partial charge in [-0.3, -0.25) is 4.79 Å². The molecule has 106 valence electrons. The van der Waals surface area contributed by atoms with E-state index in [4.69, 9.17) is 9.47 Å². The van der Waals surface area contributed by atoms with Crippen LogP contribution in [0.5, 0.6) is 0 Å². The number of nitrogens with zero attached hydrogens (tertiary/aromatic N) is 2. The Balaban J connectivity index is 2.56. The summed E-state index contributed by atoms with van der Waals surface area (Å²) in [6.07, 6.45) is 1.09. The van der Waals surface area contributed by atoms with Crippen molar-refractivity contribution in [3.05, 3.63) is 0 Å². The zero-order chi connectivity index (χ0) is 13.6. The first-order chi connectivity index (χ1) is 8.45. The van der Waals surface area contributed by atoms with E-state index >= 15 is 0 Å². The topological polar surface area (TPSA) is 76.2 Å². The summed E-state index contributed by atoms with van der Waals surface area (Å²) in [5.41, 5.74) is 0. The van der Waals surface area contributed by atoms with E-state index in [-0.39, 0.29) is 25.6 Å². The van der Waals surface area contributed by atoms with Gasteiger partial charge >= 0.3 is 0 Å². The van der Waals surface area contributed by atoms with Crippen LogP contribution in [0.4, 0.5) is 0 Å². The molecule has 1 saturated heterocycles. The largest absolute Gasteiger partial charge is 0.383 e. The smallest absolute Gasteiger partial charge is 0.238 e. The Labute approximate surface area is 108 Å². The number of morpholine rings is 1. The molecule has 1 rings (SSSR count). The number of ether oxygens (including phenoxy) is 2. The lowest BCUT2D eigenvalue weighted by molar-refractivity contribution is -0.135. The third-order valence-corrected chi connectivity index (χ3v) is 3.94. The Morgan fingerprint density at radius 2 is 2.00 bits per heavy atom. The van der Waals surface area contributed by atoms with Crippen LogP contribution in [0.2, 0.25) is 0 Å². The predicted octanol–water partition coefficient (Wildman–Crippen LogP) is -1.25. The maximum absolute atomic E-state index is 11.9. The summed E-state index contributed by atoms with van der Waals surface area (Å²) in [5.74, 6) is -0.195. The standard InChI is InChI=1S/C10H20N2O5S/c1-16-6-5-12(18(2,14)15)9-10(13)11-3-7-17-8-4-11/h3-9H2,1-2H3. The normalized spacial score (nSPS) is 17.2. The van der Waals surface area contributed by atoms with Gasteiger partial charge in [-0.05, 0) is 0 Å². The Morgan fingerprint density at radius 3 is 2.50 bits per heavy atom. The monoisotopic (exact) mass is 280 g/mol. The minimum Gasteiger partial charge on any atom is -0.383 e. The Morgan fingerprint density at radius 1 is 1.39 bits per heavy atom. The number of carbonyl (C=O) groups excluding carboxylic acids is 1. The second kappa shape index (κ2) is 7.03. The SMILES string of the molecule is COCCN(CC(=O)N1CCOCC1)S(C)(=O)=O. The van der Waals surface area contributed by atoms with Crippen LogP contribution in [0.3, 0.4) is 0 Å². The van der Waals surface area contributed by atoms with Crippen molar-refractivity contribution < 1.29 is 22.7 Å². The molecule has 0 aromatic rings. The van der Waals surface area contributed by atoms with Gasteiger partial charge in [-0.15, -0.1) is 0 Å². The Bertz CT molecular complexity index is 364. The molecule has 1 heterocycles. The number of methoxy groups -OCH3 is 1. The van der Waals surface area contributed by atoms with Crippen LogP contribution in [-0.4, -0.2) is 82.9 Å². The second-order valence-corrected chi connectivity index (χ2v) is 6.06. The van der Waals surface area contributed by atoms with Gasteiger partial charge in [0.15, 0.2) is 0 Å². The van der Waals surface area contributed by atoms with Crippen molar-refractivity contribution >= 4 is 15.9 Å². The highest BCUT2D eigenvalue weighted by Gasteiger charge is 2.24. The molecule has 0 bridgehead atoms. The first-order valence-electron chi connectivity index (χ1n) is 5.74. The highest BCUT2D eigenvalue weighted by atomic mass is 32.2. The van der Waals surface area contributed by atoms with Gasteiger partial charge in [0.25, 0.3) is 0 Å². The Hall–Kier alpha value is -0.700. The molecule has 0 spiro atoms. The molecule has 7 nitrogen and oxygen atoms in total. The van der Waals surface area contributed by atoms with Crippen LogP contribution >= 0.6 is 0 Å². The third kappa shape index (κ3) is 4.89. The Kier molecular flexibility index (Phi) is 6.00. The fourth-order valence-corrected chi connectivity index (χ4v) is 2.37. The first kappa shape index (κ1) is 15.4. The number of hydrogen-bond donors (Lipinski definition) is 0. The van der Waals surface area contributed by atoms with E-state index in [0.29, 0.717) is 26.3 Å². The van der Waals surface area contributed by atoms with Crippen molar-refractivity contribution in [2.45, 2.75) is 0 Å². The lowest BCUT2D eigenvalue weighted by atomic mass is 10.4. The van der Waals surface area contributed by atoms with E-state index in [1.54, 1.807) is 4.90 Å². The number of rotatable bonds is 6. The molecule has 0 aromatic carbocycles. The molecule has 0 atom stereocenters. The van der Waals surface area contributed by atoms with Gasteiger partial charge in [-0.2, -0.15) is 4.31 Å². The average molecular weight is 280 g/mol. The lowest BCUT2D eigenvalue weighted by Gasteiger charge is -2.29. The molecule has 0 radical (unpaired) electrons. The van der Waals surface area contributed by atoms with Gasteiger partial charge in [-0.25, -0.2) is 8.42 Å². The molecule has 18 heavy (non-hydrogen) atoms. The van der Waals surface area contributed by atoms with Crippen molar-refractivity contribution in [2.75, 3.05) is 59.4 Å². The van der Waals surface area contributed by atoms with Crippen LogP contribution in [0, 0.1) is 0 Å². The first-order valence-corrected chi connectivity index (χ1v) is 7.59. The summed E-state index contributed by atoms with van der Waals surface area (Å²) in [5, 5.41) is 0. The summed E-state index contributed by atoms with van der Waals surface area (Å²) < 4.78 is 34.2. The highest BCUT2D eigenvalue weighted by molar-refractivity contribution is 7.88. The summed E-state index contributed by atoms with van der Waals surface area (Å²) in [7, 11) is -1.91. The van der Waals surface area contributed by atoms with E-state index in [1.165, 1.54) is 7.11 Å². The van der Waals surface area contributed by atoms with E-state index in [1.807, 2.05) is 0 Å². The fourth-order valence-electron chi connectivity index (χ4n) is 1.62. The molecule has 0 N–H and O–H groups in total. The molecule has 1 aliphatic rings. The molecule has 0 aromatic heterocycles. The maximum Gasteiger partial charge on any atom is 0.238 e. The lowest BCUT2D eigenvalue weighted by Crippen LogP contribution is -2.47. The molecule has 0 aliphatic carbocycles. The van der Waals surface area contributed by atoms with Crippen molar-refractivity contribution in [2.24, 2.45) is 0 Å². The fraction of sp³-hybridized carbons (Fsp3) is 0.900. The molecular weight excluding hydrogens is 260 g/mol.